The van der Waals surface area contributed by atoms with Gasteiger partial charge in [0.1, 0.15) is 18.7 Å². The third kappa shape index (κ3) is 5.64. The maximum Gasteiger partial charge on any atom is 0.407 e. The van der Waals surface area contributed by atoms with Gasteiger partial charge in [-0.25, -0.2) is 9.59 Å². The molecule has 1 heterocycles. The highest BCUT2D eigenvalue weighted by Crippen LogP contribution is 2.44. The Morgan fingerprint density at radius 1 is 1.06 bits per heavy atom. The molecule has 2 aliphatic rings. The number of thioether (sulfide) groups is 1. The Bertz CT molecular complexity index is 1030. The molecule has 1 unspecified atom stereocenters. The molecule has 2 amide bonds. The Balaban J connectivity index is 1.45. The van der Waals surface area contributed by atoms with Crippen LogP contribution in [0.4, 0.5) is 4.79 Å². The van der Waals surface area contributed by atoms with Gasteiger partial charge in [-0.2, -0.15) is 11.8 Å². The number of amides is 2. The number of carbonyl (C=O) groups excluding carboxylic acids is 2. The average molecular weight is 497 g/mol. The van der Waals surface area contributed by atoms with Gasteiger partial charge in [-0.3, -0.25) is 4.79 Å². The molecule has 35 heavy (non-hydrogen) atoms. The molecule has 2 aromatic carbocycles. The van der Waals surface area contributed by atoms with E-state index in [4.69, 9.17) is 4.74 Å². The number of nitrogens with zero attached hydrogens (tertiary/aromatic N) is 1. The topological polar surface area (TPSA) is 95.9 Å². The molecular formula is C27H32N2O5S. The molecule has 0 radical (unpaired) electrons. The molecule has 0 aromatic heterocycles. The van der Waals surface area contributed by atoms with Gasteiger partial charge in [-0.15, -0.1) is 0 Å². The molecule has 1 fully saturated rings. The monoisotopic (exact) mass is 496 g/mol. The van der Waals surface area contributed by atoms with Gasteiger partial charge in [0.15, 0.2) is 0 Å². The van der Waals surface area contributed by atoms with E-state index in [1.54, 1.807) is 11.8 Å². The van der Waals surface area contributed by atoms with Crippen molar-refractivity contribution >= 4 is 29.7 Å². The van der Waals surface area contributed by atoms with E-state index in [9.17, 15) is 19.5 Å². The molecule has 1 aliphatic carbocycles. The second-order valence-corrected chi connectivity index (χ2v) is 10.0. The summed E-state index contributed by atoms with van der Waals surface area (Å²) in [6.07, 6.45) is 4.54. The molecule has 186 valence electrons. The van der Waals surface area contributed by atoms with E-state index in [1.807, 2.05) is 30.5 Å². The standard InChI is InChI=1S/C27H32N2O5S/c1-35-16-14-23(25(30)29-15-8-2-3-13-24(29)26(31)32)28-27(33)34-17-22-20-11-6-4-9-18(20)19-10-5-7-12-21(19)22/h4-7,9-12,22-24H,2-3,8,13-17H2,1H3,(H,28,33)(H,31,32)/t23-,24?/m0/s1. The van der Waals surface area contributed by atoms with Gasteiger partial charge < -0.3 is 20.1 Å². The van der Waals surface area contributed by atoms with E-state index in [2.05, 4.69) is 29.6 Å². The first-order valence-corrected chi connectivity index (χ1v) is 13.5. The normalized spacial score (nSPS) is 18.2. The zero-order chi connectivity index (χ0) is 24.8. The lowest BCUT2D eigenvalue weighted by Crippen LogP contribution is -2.54. The summed E-state index contributed by atoms with van der Waals surface area (Å²) in [6, 6.07) is 14.5. The Morgan fingerprint density at radius 2 is 1.71 bits per heavy atom. The fourth-order valence-corrected chi connectivity index (χ4v) is 5.58. The minimum Gasteiger partial charge on any atom is -0.480 e. The van der Waals surface area contributed by atoms with Crippen LogP contribution in [0.15, 0.2) is 48.5 Å². The molecule has 7 nitrogen and oxygen atoms in total. The molecule has 0 spiro atoms. The third-order valence-electron chi connectivity index (χ3n) is 6.87. The average Bonchev–Trinajstić information content (AvgIpc) is 3.00. The van der Waals surface area contributed by atoms with Crippen LogP contribution in [0.25, 0.3) is 11.1 Å². The van der Waals surface area contributed by atoms with Gasteiger partial charge in [0, 0.05) is 12.5 Å². The lowest BCUT2D eigenvalue weighted by molar-refractivity contribution is -0.151. The fourth-order valence-electron chi connectivity index (χ4n) is 5.10. The molecule has 1 aliphatic heterocycles. The number of fused-ring (bicyclic) bond motifs is 3. The van der Waals surface area contributed by atoms with Crippen LogP contribution in [-0.2, 0) is 14.3 Å². The van der Waals surface area contributed by atoms with Crippen LogP contribution in [0.2, 0.25) is 0 Å². The van der Waals surface area contributed by atoms with Crippen LogP contribution < -0.4 is 5.32 Å². The number of hydrogen-bond donors (Lipinski definition) is 2. The summed E-state index contributed by atoms with van der Waals surface area (Å²) in [5, 5.41) is 12.4. The largest absolute Gasteiger partial charge is 0.480 e. The van der Waals surface area contributed by atoms with Crippen LogP contribution >= 0.6 is 11.8 Å². The quantitative estimate of drug-likeness (QED) is 0.559. The van der Waals surface area contributed by atoms with E-state index in [1.165, 1.54) is 4.90 Å². The zero-order valence-electron chi connectivity index (χ0n) is 19.9. The highest BCUT2D eigenvalue weighted by Gasteiger charge is 2.35. The van der Waals surface area contributed by atoms with Crippen molar-refractivity contribution in [3.8, 4) is 11.1 Å². The summed E-state index contributed by atoms with van der Waals surface area (Å²) in [5.41, 5.74) is 4.52. The summed E-state index contributed by atoms with van der Waals surface area (Å²) in [7, 11) is 0. The Kier molecular flexibility index (Phi) is 8.33. The summed E-state index contributed by atoms with van der Waals surface area (Å²) >= 11 is 1.57. The van der Waals surface area contributed by atoms with Gasteiger partial charge in [-0.05, 0) is 53.5 Å². The van der Waals surface area contributed by atoms with Crippen LogP contribution in [0, 0.1) is 0 Å². The number of ether oxygens (including phenoxy) is 1. The second-order valence-electron chi connectivity index (χ2n) is 9.04. The minimum absolute atomic E-state index is 0.0736. The molecule has 2 N–H and O–H groups in total. The molecule has 0 saturated carbocycles. The van der Waals surface area contributed by atoms with E-state index in [0.29, 0.717) is 25.1 Å². The van der Waals surface area contributed by atoms with Crippen molar-refractivity contribution < 1.29 is 24.2 Å². The van der Waals surface area contributed by atoms with Crippen LogP contribution in [0.1, 0.15) is 49.1 Å². The van der Waals surface area contributed by atoms with Crippen LogP contribution in [0.3, 0.4) is 0 Å². The number of carboxylic acid groups (broad SMARTS) is 1. The maximum atomic E-state index is 13.4. The van der Waals surface area contributed by atoms with Crippen molar-refractivity contribution in [2.45, 2.75) is 50.1 Å². The van der Waals surface area contributed by atoms with Crippen molar-refractivity contribution in [3.05, 3.63) is 59.7 Å². The molecule has 8 heteroatoms. The maximum absolute atomic E-state index is 13.4. The number of carboxylic acids is 1. The van der Waals surface area contributed by atoms with Crippen molar-refractivity contribution in [2.24, 2.45) is 0 Å². The number of rotatable bonds is 8. The van der Waals surface area contributed by atoms with E-state index in [0.717, 1.165) is 41.5 Å². The van der Waals surface area contributed by atoms with Crippen LogP contribution in [-0.4, -0.2) is 65.2 Å². The van der Waals surface area contributed by atoms with Gasteiger partial charge in [0.05, 0.1) is 0 Å². The molecule has 4 rings (SSSR count). The predicted molar refractivity (Wildman–Crippen MR) is 137 cm³/mol. The number of benzene rings is 2. The predicted octanol–water partition coefficient (Wildman–Crippen LogP) is 4.50. The highest BCUT2D eigenvalue weighted by molar-refractivity contribution is 7.98. The van der Waals surface area contributed by atoms with Crippen molar-refractivity contribution in [2.75, 3.05) is 25.2 Å². The number of alkyl carbamates (subject to hydrolysis) is 1. The SMILES string of the molecule is CSCC[C@H](NC(=O)OCC1c2ccccc2-c2ccccc21)C(=O)N1CCCCCC1C(=O)O. The van der Waals surface area contributed by atoms with Gasteiger partial charge in [0.25, 0.3) is 0 Å². The number of likely N-dealkylation sites (tertiary alicyclic amines) is 1. The van der Waals surface area contributed by atoms with E-state index >= 15 is 0 Å². The second kappa shape index (κ2) is 11.6. The first kappa shape index (κ1) is 25.1. The smallest absolute Gasteiger partial charge is 0.407 e. The first-order chi connectivity index (χ1) is 17.0. The number of carbonyl (C=O) groups is 3. The summed E-state index contributed by atoms with van der Waals surface area (Å²) in [5.74, 6) is -0.756. The summed E-state index contributed by atoms with van der Waals surface area (Å²) in [4.78, 5) is 39.5. The number of nitrogens with one attached hydrogen (secondary N) is 1. The summed E-state index contributed by atoms with van der Waals surface area (Å²) < 4.78 is 5.64. The van der Waals surface area contributed by atoms with E-state index in [-0.39, 0.29) is 18.4 Å². The van der Waals surface area contributed by atoms with Crippen molar-refractivity contribution in [1.29, 1.82) is 0 Å². The highest BCUT2D eigenvalue weighted by atomic mass is 32.2. The van der Waals surface area contributed by atoms with Gasteiger partial charge in [-0.1, -0.05) is 61.4 Å². The van der Waals surface area contributed by atoms with Gasteiger partial charge in [0.2, 0.25) is 5.91 Å². The fraction of sp³-hybridized carbons (Fsp3) is 0.444. The Hall–Kier alpha value is -3.00. The number of hydrogen-bond acceptors (Lipinski definition) is 5. The molecule has 2 atom stereocenters. The summed E-state index contributed by atoms with van der Waals surface area (Å²) in [6.45, 7) is 0.544. The number of aliphatic carboxylic acids is 1. The lowest BCUT2D eigenvalue weighted by atomic mass is 9.98. The van der Waals surface area contributed by atoms with Crippen LogP contribution in [0.5, 0.6) is 0 Å². The first-order valence-electron chi connectivity index (χ1n) is 12.1. The Morgan fingerprint density at radius 3 is 2.34 bits per heavy atom. The minimum atomic E-state index is -0.995. The molecule has 1 saturated heterocycles. The molecule has 0 bridgehead atoms. The van der Waals surface area contributed by atoms with Crippen molar-refractivity contribution in [3.63, 3.8) is 0 Å². The van der Waals surface area contributed by atoms with Gasteiger partial charge >= 0.3 is 12.1 Å². The molecular weight excluding hydrogens is 464 g/mol. The zero-order valence-corrected chi connectivity index (χ0v) is 20.8. The Labute approximate surface area is 210 Å². The van der Waals surface area contributed by atoms with E-state index < -0.39 is 24.1 Å². The van der Waals surface area contributed by atoms with Crippen molar-refractivity contribution in [1.82, 2.24) is 10.2 Å². The molecule has 2 aromatic rings. The lowest BCUT2D eigenvalue weighted by Gasteiger charge is -2.31. The third-order valence-corrected chi connectivity index (χ3v) is 7.51.